The van der Waals surface area contributed by atoms with Crippen molar-refractivity contribution in [1.82, 2.24) is 10.2 Å². The van der Waals surface area contributed by atoms with Crippen molar-refractivity contribution in [3.8, 4) is 11.1 Å². The van der Waals surface area contributed by atoms with Crippen LogP contribution in [0.1, 0.15) is 69.9 Å². The molecule has 1 saturated carbocycles. The van der Waals surface area contributed by atoms with Gasteiger partial charge in [0.2, 0.25) is 0 Å². The van der Waals surface area contributed by atoms with Crippen molar-refractivity contribution < 1.29 is 0 Å². The molecule has 0 amide bonds. The van der Waals surface area contributed by atoms with Crippen LogP contribution in [0.3, 0.4) is 0 Å². The molecule has 1 atom stereocenters. The normalized spacial score (nSPS) is 21.3. The number of nitrogens with one attached hydrogen (secondary N) is 1. The number of hydrogen-bond acceptors (Lipinski definition) is 2. The van der Waals surface area contributed by atoms with Crippen LogP contribution in [0.2, 0.25) is 0 Å². The molecular weight excluding hydrogens is 364 g/mol. The van der Waals surface area contributed by atoms with Crippen molar-refractivity contribution >= 4 is 0 Å². The predicted molar refractivity (Wildman–Crippen MR) is 129 cm³/mol. The van der Waals surface area contributed by atoms with Crippen LogP contribution in [0.4, 0.5) is 0 Å². The van der Waals surface area contributed by atoms with E-state index in [2.05, 4.69) is 72.6 Å². The van der Waals surface area contributed by atoms with E-state index in [0.29, 0.717) is 5.41 Å². The molecule has 0 bridgehead atoms. The number of likely N-dealkylation sites (tertiary alicyclic amines) is 1. The molecule has 162 valence electrons. The van der Waals surface area contributed by atoms with E-state index in [0.717, 1.165) is 25.6 Å². The van der Waals surface area contributed by atoms with Gasteiger partial charge in [-0.1, -0.05) is 68.3 Å². The monoisotopic (exact) mass is 404 g/mol. The molecule has 4 rings (SSSR count). The van der Waals surface area contributed by atoms with Gasteiger partial charge in [-0.05, 0) is 92.8 Å². The Morgan fingerprint density at radius 2 is 1.60 bits per heavy atom. The van der Waals surface area contributed by atoms with Crippen LogP contribution in [-0.4, -0.2) is 37.1 Å². The van der Waals surface area contributed by atoms with Crippen molar-refractivity contribution in [2.45, 2.75) is 76.7 Å². The van der Waals surface area contributed by atoms with Crippen molar-refractivity contribution in [1.29, 1.82) is 0 Å². The maximum Gasteiger partial charge on any atom is 0.00675 e. The highest BCUT2D eigenvalue weighted by atomic mass is 15.2. The largest absolute Gasteiger partial charge is 0.317 e. The van der Waals surface area contributed by atoms with Gasteiger partial charge < -0.3 is 10.2 Å². The predicted octanol–water partition coefficient (Wildman–Crippen LogP) is 6.19. The third-order valence-electron chi connectivity index (χ3n) is 7.75. The van der Waals surface area contributed by atoms with Gasteiger partial charge in [0.1, 0.15) is 0 Å². The molecule has 30 heavy (non-hydrogen) atoms. The Labute approximate surface area is 184 Å². The van der Waals surface area contributed by atoms with E-state index in [9.17, 15) is 0 Å². The molecule has 2 aliphatic rings. The summed E-state index contributed by atoms with van der Waals surface area (Å²) < 4.78 is 0. The third kappa shape index (κ3) is 4.98. The highest BCUT2D eigenvalue weighted by Gasteiger charge is 2.34. The van der Waals surface area contributed by atoms with Crippen LogP contribution >= 0.6 is 0 Å². The average Bonchev–Trinajstić information content (AvgIpc) is 3.43. The highest BCUT2D eigenvalue weighted by molar-refractivity contribution is 5.64. The SMILES string of the molecule is CCNCCC1(c2ccc(-c3ccc(CCN4CCCC4C)cc3)cc2)CCCC1. The summed E-state index contributed by atoms with van der Waals surface area (Å²) in [6.45, 7) is 9.26. The summed E-state index contributed by atoms with van der Waals surface area (Å²) in [5.74, 6) is 0. The molecule has 2 fully saturated rings. The Bertz CT molecular complexity index is 771. The van der Waals surface area contributed by atoms with Gasteiger partial charge in [-0.25, -0.2) is 0 Å². The Morgan fingerprint density at radius 1 is 0.933 bits per heavy atom. The summed E-state index contributed by atoms with van der Waals surface area (Å²) >= 11 is 0. The van der Waals surface area contributed by atoms with Gasteiger partial charge in [-0.15, -0.1) is 0 Å². The Hall–Kier alpha value is -1.64. The Kier molecular flexibility index (Phi) is 7.28. The molecule has 2 nitrogen and oxygen atoms in total. The van der Waals surface area contributed by atoms with E-state index in [1.807, 2.05) is 0 Å². The maximum absolute atomic E-state index is 3.54. The van der Waals surface area contributed by atoms with E-state index in [-0.39, 0.29) is 0 Å². The molecular formula is C28H40N2. The lowest BCUT2D eigenvalue weighted by molar-refractivity contribution is 0.272. The lowest BCUT2D eigenvalue weighted by Gasteiger charge is -2.30. The van der Waals surface area contributed by atoms with Gasteiger partial charge in [0.05, 0.1) is 0 Å². The van der Waals surface area contributed by atoms with Crippen LogP contribution in [0, 0.1) is 0 Å². The smallest absolute Gasteiger partial charge is 0.00675 e. The summed E-state index contributed by atoms with van der Waals surface area (Å²) in [7, 11) is 0. The minimum Gasteiger partial charge on any atom is -0.317 e. The van der Waals surface area contributed by atoms with E-state index in [4.69, 9.17) is 0 Å². The number of hydrogen-bond donors (Lipinski definition) is 1. The zero-order valence-corrected chi connectivity index (χ0v) is 19.1. The lowest BCUT2D eigenvalue weighted by atomic mass is 9.76. The van der Waals surface area contributed by atoms with Gasteiger partial charge in [-0.3, -0.25) is 0 Å². The Balaban J connectivity index is 1.39. The van der Waals surface area contributed by atoms with Crippen molar-refractivity contribution in [3.63, 3.8) is 0 Å². The van der Waals surface area contributed by atoms with Gasteiger partial charge >= 0.3 is 0 Å². The molecule has 0 radical (unpaired) electrons. The topological polar surface area (TPSA) is 15.3 Å². The first-order valence-electron chi connectivity index (χ1n) is 12.3. The van der Waals surface area contributed by atoms with Crippen LogP contribution in [0.25, 0.3) is 11.1 Å². The number of benzene rings is 2. The summed E-state index contributed by atoms with van der Waals surface area (Å²) in [6.07, 6.45) is 10.6. The lowest BCUT2D eigenvalue weighted by Crippen LogP contribution is -2.28. The second-order valence-corrected chi connectivity index (χ2v) is 9.64. The fraction of sp³-hybridized carbons (Fsp3) is 0.571. The van der Waals surface area contributed by atoms with Gasteiger partial charge in [0.25, 0.3) is 0 Å². The van der Waals surface area contributed by atoms with E-state index in [1.54, 1.807) is 5.56 Å². The number of rotatable bonds is 9. The number of nitrogens with zero attached hydrogens (tertiary/aromatic N) is 1. The summed E-state index contributed by atoms with van der Waals surface area (Å²) in [4.78, 5) is 2.64. The van der Waals surface area contributed by atoms with Crippen LogP contribution in [0.15, 0.2) is 48.5 Å². The summed E-state index contributed by atoms with van der Waals surface area (Å²) in [5, 5.41) is 3.54. The van der Waals surface area contributed by atoms with Gasteiger partial charge in [-0.2, -0.15) is 0 Å². The molecule has 1 heterocycles. The van der Waals surface area contributed by atoms with Crippen LogP contribution < -0.4 is 5.32 Å². The van der Waals surface area contributed by atoms with Gasteiger partial charge in [0.15, 0.2) is 0 Å². The second kappa shape index (κ2) is 10.1. The molecule has 1 unspecified atom stereocenters. The molecule has 2 aromatic rings. The molecule has 1 saturated heterocycles. The van der Waals surface area contributed by atoms with Crippen molar-refractivity contribution in [3.05, 3.63) is 59.7 Å². The fourth-order valence-corrected chi connectivity index (χ4v) is 5.72. The molecule has 1 aliphatic heterocycles. The molecule has 0 spiro atoms. The first-order valence-corrected chi connectivity index (χ1v) is 12.3. The van der Waals surface area contributed by atoms with E-state index < -0.39 is 0 Å². The molecule has 2 aromatic carbocycles. The molecule has 0 aromatic heterocycles. The summed E-state index contributed by atoms with van der Waals surface area (Å²) in [5.41, 5.74) is 6.10. The average molecular weight is 405 g/mol. The van der Waals surface area contributed by atoms with E-state index >= 15 is 0 Å². The van der Waals surface area contributed by atoms with E-state index in [1.165, 1.54) is 74.7 Å². The summed E-state index contributed by atoms with van der Waals surface area (Å²) in [6, 6.07) is 19.6. The first-order chi connectivity index (χ1) is 14.7. The quantitative estimate of drug-likeness (QED) is 0.501. The molecule has 1 aliphatic carbocycles. The minimum absolute atomic E-state index is 0.400. The fourth-order valence-electron chi connectivity index (χ4n) is 5.72. The third-order valence-corrected chi connectivity index (χ3v) is 7.75. The van der Waals surface area contributed by atoms with Crippen molar-refractivity contribution in [2.75, 3.05) is 26.2 Å². The molecule has 1 N–H and O–H groups in total. The van der Waals surface area contributed by atoms with Crippen LogP contribution in [0.5, 0.6) is 0 Å². The maximum atomic E-state index is 3.54. The highest BCUT2D eigenvalue weighted by Crippen LogP contribution is 2.44. The zero-order chi connectivity index (χ0) is 20.8. The minimum atomic E-state index is 0.400. The zero-order valence-electron chi connectivity index (χ0n) is 19.1. The van der Waals surface area contributed by atoms with Crippen molar-refractivity contribution in [2.24, 2.45) is 0 Å². The Morgan fingerprint density at radius 3 is 2.20 bits per heavy atom. The first kappa shape index (κ1) is 21.6. The second-order valence-electron chi connectivity index (χ2n) is 9.64. The standard InChI is InChI=1S/C28H40N2/c1-3-29-20-19-28(17-4-5-18-28)27-14-12-26(13-15-27)25-10-8-24(9-11-25)16-22-30-21-6-7-23(30)2/h8-15,23,29H,3-7,16-22H2,1-2H3. The molecule has 2 heteroatoms. The van der Waals surface area contributed by atoms with Gasteiger partial charge in [0, 0.05) is 12.6 Å². The van der Waals surface area contributed by atoms with Crippen LogP contribution in [-0.2, 0) is 11.8 Å².